The maximum atomic E-state index is 10.8. The van der Waals surface area contributed by atoms with E-state index in [-0.39, 0.29) is 5.69 Å². The fraction of sp³-hybridized carbons (Fsp3) is 0.312. The molecular weight excluding hydrogens is 282 g/mol. The average molecular weight is 301 g/mol. The van der Waals surface area contributed by atoms with E-state index in [4.69, 9.17) is 9.84 Å². The molecule has 0 saturated heterocycles. The molecule has 0 aliphatic rings. The quantitative estimate of drug-likeness (QED) is 0.914. The molecule has 1 aromatic heterocycles. The van der Waals surface area contributed by atoms with Crippen molar-refractivity contribution in [3.05, 3.63) is 46.9 Å². The molecule has 0 saturated carbocycles. The van der Waals surface area contributed by atoms with E-state index in [9.17, 15) is 4.79 Å². The zero-order chi connectivity index (χ0) is 16.3. The lowest BCUT2D eigenvalue weighted by atomic mass is 10.1. The third-order valence-electron chi connectivity index (χ3n) is 3.39. The third kappa shape index (κ3) is 3.33. The fourth-order valence-electron chi connectivity index (χ4n) is 2.44. The Morgan fingerprint density at radius 3 is 2.32 bits per heavy atom. The van der Waals surface area contributed by atoms with Crippen molar-refractivity contribution in [2.24, 2.45) is 0 Å². The van der Waals surface area contributed by atoms with Crippen molar-refractivity contribution in [2.45, 2.75) is 20.4 Å². The van der Waals surface area contributed by atoms with Gasteiger partial charge in [0.25, 0.3) is 0 Å². The first-order valence-electron chi connectivity index (χ1n) is 6.83. The summed E-state index contributed by atoms with van der Waals surface area (Å²) in [5.41, 5.74) is 3.23. The van der Waals surface area contributed by atoms with E-state index in [0.717, 1.165) is 22.4 Å². The number of aromatic nitrogens is 2. The number of anilines is 1. The molecule has 22 heavy (non-hydrogen) atoms. The lowest BCUT2D eigenvalue weighted by Gasteiger charge is -2.19. The number of rotatable bonds is 5. The third-order valence-corrected chi connectivity index (χ3v) is 3.39. The Bertz CT molecular complexity index is 661. The molecule has 0 spiro atoms. The van der Waals surface area contributed by atoms with Crippen LogP contribution in [0.3, 0.4) is 0 Å². The number of nitrogens with zero attached hydrogens (tertiary/aromatic N) is 3. The molecule has 116 valence electrons. The Morgan fingerprint density at radius 1 is 1.23 bits per heavy atom. The zero-order valence-electron chi connectivity index (χ0n) is 13.1. The van der Waals surface area contributed by atoms with E-state index >= 15 is 0 Å². The van der Waals surface area contributed by atoms with Crippen molar-refractivity contribution in [2.75, 3.05) is 19.1 Å². The van der Waals surface area contributed by atoms with Gasteiger partial charge in [0.1, 0.15) is 11.6 Å². The molecule has 1 aromatic carbocycles. The minimum Gasteiger partial charge on any atom is -0.496 e. The van der Waals surface area contributed by atoms with Crippen LogP contribution < -0.4 is 9.64 Å². The van der Waals surface area contributed by atoms with Gasteiger partial charge in [-0.2, -0.15) is 0 Å². The molecule has 0 fully saturated rings. The summed E-state index contributed by atoms with van der Waals surface area (Å²) in [5, 5.41) is 8.83. The summed E-state index contributed by atoms with van der Waals surface area (Å²) in [6, 6.07) is 4.14. The minimum absolute atomic E-state index is 0.0618. The maximum Gasteiger partial charge on any atom is 0.356 e. The molecule has 0 amide bonds. The summed E-state index contributed by atoms with van der Waals surface area (Å²) in [6.07, 6.45) is 2.73. The second-order valence-corrected chi connectivity index (χ2v) is 5.18. The van der Waals surface area contributed by atoms with Crippen LogP contribution in [0.2, 0.25) is 0 Å². The second-order valence-electron chi connectivity index (χ2n) is 5.18. The first-order valence-corrected chi connectivity index (χ1v) is 6.83. The molecule has 1 heterocycles. The summed E-state index contributed by atoms with van der Waals surface area (Å²) in [7, 11) is 3.56. The summed E-state index contributed by atoms with van der Waals surface area (Å²) >= 11 is 0. The lowest BCUT2D eigenvalue weighted by Crippen LogP contribution is -2.18. The standard InChI is InChI=1S/C16H19N3O3/c1-10-5-12(6-11(2)15(10)22-4)9-19(3)14-8-17-13(7-18-14)16(20)21/h5-8H,9H2,1-4H3,(H,20,21). The smallest absolute Gasteiger partial charge is 0.356 e. The SMILES string of the molecule is COc1c(C)cc(CN(C)c2cnc(C(=O)O)cn2)cc1C. The fourth-order valence-corrected chi connectivity index (χ4v) is 2.44. The number of aryl methyl sites for hydroxylation is 2. The van der Waals surface area contributed by atoms with Gasteiger partial charge in [0.2, 0.25) is 0 Å². The molecule has 0 atom stereocenters. The van der Waals surface area contributed by atoms with Gasteiger partial charge in [-0.3, -0.25) is 0 Å². The number of carbonyl (C=O) groups is 1. The van der Waals surface area contributed by atoms with Gasteiger partial charge in [-0.1, -0.05) is 12.1 Å². The number of hydrogen-bond donors (Lipinski definition) is 1. The van der Waals surface area contributed by atoms with E-state index < -0.39 is 5.97 Å². The van der Waals surface area contributed by atoms with E-state index in [2.05, 4.69) is 22.1 Å². The van der Waals surface area contributed by atoms with Crippen LogP contribution in [0.15, 0.2) is 24.5 Å². The molecule has 2 rings (SSSR count). The summed E-state index contributed by atoms with van der Waals surface area (Å²) in [5.74, 6) is 0.441. The normalized spacial score (nSPS) is 10.4. The average Bonchev–Trinajstić information content (AvgIpc) is 2.47. The highest BCUT2D eigenvalue weighted by atomic mass is 16.5. The monoisotopic (exact) mass is 301 g/mol. The van der Waals surface area contributed by atoms with E-state index in [1.165, 1.54) is 12.4 Å². The number of carboxylic acid groups (broad SMARTS) is 1. The van der Waals surface area contributed by atoms with Crippen LogP contribution in [0, 0.1) is 13.8 Å². The Hall–Kier alpha value is -2.63. The number of methoxy groups -OCH3 is 1. The molecule has 6 heteroatoms. The largest absolute Gasteiger partial charge is 0.496 e. The van der Waals surface area contributed by atoms with E-state index in [1.54, 1.807) is 7.11 Å². The summed E-state index contributed by atoms with van der Waals surface area (Å²) in [4.78, 5) is 20.7. The summed E-state index contributed by atoms with van der Waals surface area (Å²) < 4.78 is 5.36. The van der Waals surface area contributed by atoms with Crippen LogP contribution in [0.4, 0.5) is 5.82 Å². The zero-order valence-corrected chi connectivity index (χ0v) is 13.1. The molecule has 2 aromatic rings. The molecule has 0 aliphatic heterocycles. The van der Waals surface area contributed by atoms with Gasteiger partial charge in [-0.15, -0.1) is 0 Å². The van der Waals surface area contributed by atoms with Gasteiger partial charge in [-0.05, 0) is 30.5 Å². The van der Waals surface area contributed by atoms with Crippen molar-refractivity contribution < 1.29 is 14.6 Å². The van der Waals surface area contributed by atoms with Gasteiger partial charge in [0, 0.05) is 13.6 Å². The first-order chi connectivity index (χ1) is 10.4. The summed E-state index contributed by atoms with van der Waals surface area (Å²) in [6.45, 7) is 4.67. The van der Waals surface area contributed by atoms with Crippen molar-refractivity contribution in [1.29, 1.82) is 0 Å². The van der Waals surface area contributed by atoms with Gasteiger partial charge >= 0.3 is 5.97 Å². The highest BCUT2D eigenvalue weighted by Crippen LogP contribution is 2.25. The molecule has 0 bridgehead atoms. The van der Waals surface area contributed by atoms with Crippen LogP contribution in [0.1, 0.15) is 27.2 Å². The molecule has 6 nitrogen and oxygen atoms in total. The van der Waals surface area contributed by atoms with Gasteiger partial charge in [0.05, 0.1) is 19.5 Å². The predicted octanol–water partition coefficient (Wildman–Crippen LogP) is 2.44. The lowest BCUT2D eigenvalue weighted by molar-refractivity contribution is 0.0690. The highest BCUT2D eigenvalue weighted by molar-refractivity contribution is 5.84. The maximum absolute atomic E-state index is 10.8. The Kier molecular flexibility index (Phi) is 4.60. The minimum atomic E-state index is -1.08. The first kappa shape index (κ1) is 15.8. The second kappa shape index (κ2) is 6.43. The van der Waals surface area contributed by atoms with Gasteiger partial charge in [-0.25, -0.2) is 14.8 Å². The molecule has 0 aliphatic carbocycles. The van der Waals surface area contributed by atoms with Gasteiger partial charge in [0.15, 0.2) is 5.69 Å². The van der Waals surface area contributed by atoms with E-state index in [0.29, 0.717) is 12.4 Å². The van der Waals surface area contributed by atoms with Crippen LogP contribution in [0.25, 0.3) is 0 Å². The number of benzene rings is 1. The highest BCUT2D eigenvalue weighted by Gasteiger charge is 2.10. The number of ether oxygens (including phenoxy) is 1. The van der Waals surface area contributed by atoms with Crippen molar-refractivity contribution in [3.8, 4) is 5.75 Å². The van der Waals surface area contributed by atoms with Crippen molar-refractivity contribution >= 4 is 11.8 Å². The molecular formula is C16H19N3O3. The molecule has 0 radical (unpaired) electrons. The number of aromatic carboxylic acids is 1. The van der Waals surface area contributed by atoms with Crippen LogP contribution in [-0.4, -0.2) is 35.2 Å². The van der Waals surface area contributed by atoms with Crippen LogP contribution >= 0.6 is 0 Å². The molecule has 0 unspecified atom stereocenters. The Balaban J connectivity index is 2.18. The Morgan fingerprint density at radius 2 is 1.86 bits per heavy atom. The number of hydrogen-bond acceptors (Lipinski definition) is 5. The van der Waals surface area contributed by atoms with Crippen molar-refractivity contribution in [1.82, 2.24) is 9.97 Å². The van der Waals surface area contributed by atoms with E-state index in [1.807, 2.05) is 25.8 Å². The number of carboxylic acids is 1. The van der Waals surface area contributed by atoms with Gasteiger partial charge < -0.3 is 14.7 Å². The van der Waals surface area contributed by atoms with Crippen LogP contribution in [0.5, 0.6) is 5.75 Å². The molecule has 1 N–H and O–H groups in total. The van der Waals surface area contributed by atoms with Crippen LogP contribution in [-0.2, 0) is 6.54 Å². The van der Waals surface area contributed by atoms with Crippen molar-refractivity contribution in [3.63, 3.8) is 0 Å². The Labute approximate surface area is 129 Å². The topological polar surface area (TPSA) is 75.5 Å². The predicted molar refractivity (Wildman–Crippen MR) is 83.6 cm³/mol.